The molecular formula is C80H122N24O18. The minimum atomic E-state index is -1.50. The van der Waals surface area contributed by atoms with E-state index in [-0.39, 0.29) is 200 Å². The number of phenols is 4. The zero-order valence-electron chi connectivity index (χ0n) is 69.0. The van der Waals surface area contributed by atoms with Crippen LogP contribution in [-0.4, -0.2) is 224 Å². The number of unbranched alkanes of at least 4 members (excludes halogenated alkanes) is 1. The number of carbonyl (C=O) groups is 12. The van der Waals surface area contributed by atoms with Gasteiger partial charge in [0.1, 0.15) is 83.4 Å². The molecule has 0 spiro atoms. The predicted octanol–water partition coefficient (Wildman–Crippen LogP) is -3.68. The molecule has 0 aliphatic heterocycles. The van der Waals surface area contributed by atoms with Crippen molar-refractivity contribution in [2.24, 2.45) is 89.1 Å². The van der Waals surface area contributed by atoms with Crippen LogP contribution in [0.5, 0.6) is 23.0 Å². The van der Waals surface area contributed by atoms with E-state index in [1.165, 1.54) is 97.1 Å². The highest BCUT2D eigenvalue weighted by molar-refractivity contribution is 5.98. The number of nitrogens with one attached hydrogen (secondary N) is 10. The number of nitrogens with two attached hydrogens (primary N) is 10. The first-order valence-electron chi connectivity index (χ1n) is 40.0. The molecule has 0 aliphatic carbocycles. The summed E-state index contributed by atoms with van der Waals surface area (Å²) < 4.78 is 0. The third-order valence-electron chi connectivity index (χ3n) is 18.9. The van der Waals surface area contributed by atoms with Gasteiger partial charge in [0.25, 0.3) is 0 Å². The smallest absolute Gasteiger partial charge is 0.326 e. The van der Waals surface area contributed by atoms with Gasteiger partial charge in [-0.05, 0) is 160 Å². The summed E-state index contributed by atoms with van der Waals surface area (Å²) in [6, 6.07) is 5.55. The lowest BCUT2D eigenvalue weighted by Gasteiger charge is -2.28. The molecule has 0 saturated carbocycles. The van der Waals surface area contributed by atoms with Crippen molar-refractivity contribution in [3.8, 4) is 23.0 Å². The van der Waals surface area contributed by atoms with E-state index in [0.29, 0.717) is 22.3 Å². The Labute approximate surface area is 706 Å². The molecule has 4 rings (SSSR count). The van der Waals surface area contributed by atoms with Crippen LogP contribution in [0.15, 0.2) is 117 Å². The minimum absolute atomic E-state index is 0.0117. The SMILES string of the molecule is CC(C)C[C@H](NC(=O)[C@H](CCCN=C(N)N)NC(=O)[C@H](Cc1ccc(O)cc1)NC(=O)C(N)CCCCC(N)C(=O)N[C@@H](Cc1ccc(O)cc1)C(=O)N[C@@H](CCCN=C(N)N)C(=O)N[C@@H](CC(C)C)C(=O)N[C@@H](CCCN=C(N)N)C(=O)N[C@@H](Cc1ccc(O)cc1)C(=O)O)C(=O)N[C@@H](CCCN=C(N)N)C(=O)N[C@@H](Cc1ccc(O)cc1)C(=O)O. The third kappa shape index (κ3) is 39.5. The van der Waals surface area contributed by atoms with Crippen LogP contribution in [0.2, 0.25) is 0 Å². The van der Waals surface area contributed by atoms with Gasteiger partial charge in [-0.1, -0.05) is 89.1 Å². The number of aliphatic carboxylic acids is 2. The number of phenolic OH excluding ortho intramolecular Hbond substituents is 4. The zero-order valence-corrected chi connectivity index (χ0v) is 69.0. The Morgan fingerprint density at radius 1 is 0.270 bits per heavy atom. The fourth-order valence-electron chi connectivity index (χ4n) is 12.5. The number of hydrogen-bond acceptors (Lipinski definition) is 22. The lowest BCUT2D eigenvalue weighted by molar-refractivity contribution is -0.142. The quantitative estimate of drug-likeness (QED) is 0.0115. The number of nitrogens with zero attached hydrogens (tertiary/aromatic N) is 4. The summed E-state index contributed by atoms with van der Waals surface area (Å²) in [5.74, 6) is -13.6. The van der Waals surface area contributed by atoms with E-state index < -0.39 is 144 Å². The third-order valence-corrected chi connectivity index (χ3v) is 18.9. The fraction of sp³-hybridized carbons (Fsp3) is 0.500. The Bertz CT molecular complexity index is 3930. The molecule has 0 radical (unpaired) electrons. The normalized spacial score (nSPS) is 14.0. The minimum Gasteiger partial charge on any atom is -0.508 e. The van der Waals surface area contributed by atoms with Crippen molar-refractivity contribution in [1.29, 1.82) is 0 Å². The molecule has 0 heterocycles. The van der Waals surface area contributed by atoms with Crippen molar-refractivity contribution in [1.82, 2.24) is 53.2 Å². The molecule has 42 nitrogen and oxygen atoms in total. The summed E-state index contributed by atoms with van der Waals surface area (Å²) in [5.41, 5.74) is 59.3. The average molecular weight is 1710 g/mol. The van der Waals surface area contributed by atoms with E-state index in [0.717, 1.165) is 0 Å². The number of carboxylic acid groups (broad SMARTS) is 2. The van der Waals surface area contributed by atoms with Crippen molar-refractivity contribution >= 4 is 94.8 Å². The van der Waals surface area contributed by atoms with Gasteiger partial charge in [-0.25, -0.2) is 9.59 Å². The van der Waals surface area contributed by atoms with Crippen LogP contribution in [0.4, 0.5) is 0 Å². The summed E-state index contributed by atoms with van der Waals surface area (Å²) in [7, 11) is 0. The van der Waals surface area contributed by atoms with Crippen LogP contribution in [0, 0.1) is 11.8 Å². The molecule has 4 aromatic carbocycles. The first kappa shape index (κ1) is 101. The Kier molecular flexibility index (Phi) is 43.6. The van der Waals surface area contributed by atoms with Gasteiger partial charge in [-0.2, -0.15) is 0 Å². The molecule has 0 aromatic heterocycles. The predicted molar refractivity (Wildman–Crippen MR) is 455 cm³/mol. The van der Waals surface area contributed by atoms with E-state index >= 15 is 0 Å². The summed E-state index contributed by atoms with van der Waals surface area (Å²) in [5, 5.41) is 86.5. The van der Waals surface area contributed by atoms with Crippen LogP contribution in [0.3, 0.4) is 0 Å². The maximum absolute atomic E-state index is 14.7. The van der Waals surface area contributed by atoms with Crippen molar-refractivity contribution < 1.29 is 88.2 Å². The van der Waals surface area contributed by atoms with Gasteiger partial charge in [0, 0.05) is 51.9 Å². The molecule has 12 atom stereocenters. The van der Waals surface area contributed by atoms with Crippen LogP contribution in [-0.2, 0) is 83.2 Å². The van der Waals surface area contributed by atoms with Crippen molar-refractivity contribution in [3.05, 3.63) is 119 Å². The molecule has 0 aliphatic rings. The van der Waals surface area contributed by atoms with Gasteiger partial charge in [-0.3, -0.25) is 67.9 Å². The first-order valence-corrected chi connectivity index (χ1v) is 40.0. The molecule has 10 amide bonds. The summed E-state index contributed by atoms with van der Waals surface area (Å²) >= 11 is 0. The van der Waals surface area contributed by atoms with E-state index in [4.69, 9.17) is 57.3 Å². The topological polar surface area (TPSA) is 756 Å². The number of hydrogen-bond donors (Lipinski definition) is 26. The molecule has 42 heteroatoms. The lowest BCUT2D eigenvalue weighted by Crippen LogP contribution is -2.59. The molecule has 0 bridgehead atoms. The van der Waals surface area contributed by atoms with Gasteiger partial charge >= 0.3 is 11.9 Å². The van der Waals surface area contributed by atoms with Crippen LogP contribution in [0.1, 0.15) is 140 Å². The molecular weight excluding hydrogens is 1590 g/mol. The van der Waals surface area contributed by atoms with Gasteiger partial charge in [0.15, 0.2) is 23.8 Å². The zero-order chi connectivity index (χ0) is 90.7. The lowest BCUT2D eigenvalue weighted by atomic mass is 10.00. The number of aliphatic imine (C=N–C) groups is 4. The van der Waals surface area contributed by atoms with Gasteiger partial charge in [-0.15, -0.1) is 0 Å². The monoisotopic (exact) mass is 1710 g/mol. The van der Waals surface area contributed by atoms with Crippen LogP contribution in [0.25, 0.3) is 0 Å². The van der Waals surface area contributed by atoms with Gasteiger partial charge < -0.3 is 141 Å². The standard InChI is InChI=1S/C80H122N24O18/c1-43(2)37-59(71(115)95-57(15-9-35-93-79(87)88)69(113)103-63(75(119)120)41-47-21-29-51(107)30-22-47)101-67(111)55(13-7-33-91-77(83)84)97-73(117)61(39-45-17-25-49(105)26-18-45)99-65(109)53(81)11-5-6-12-54(82)66(110)100-62(40-46-19-27-50(106)28-20-46)74(118)98-56(14-8-34-92-78(85)86)68(112)102-60(38-44(3)4)72(116)96-58(16-10-36-94-80(89)90)70(114)104-64(76(121)122)42-48-23-31-52(108)32-24-48/h17-32,43-44,53-64,105-108H,5-16,33-42,81-82H2,1-4H3,(H,95,115)(H,96,116)(H,97,117)(H,98,118)(H,99,109)(H,100,110)(H,101,111)(H,102,112)(H,103,113)(H,104,114)(H,119,120)(H,121,122)(H4,83,84,91)(H4,85,86,92)(H4,87,88,93)(H4,89,90,94)/t53?,54?,55-,56-,57-,58-,59-,60-,61-,62-,63-,64-/m0/s1. The maximum Gasteiger partial charge on any atom is 0.326 e. The van der Waals surface area contributed by atoms with Crippen molar-refractivity contribution in [3.63, 3.8) is 0 Å². The van der Waals surface area contributed by atoms with Gasteiger partial charge in [0.05, 0.1) is 12.1 Å². The van der Waals surface area contributed by atoms with E-state index in [1.54, 1.807) is 27.7 Å². The number of amides is 10. The highest BCUT2D eigenvalue weighted by Crippen LogP contribution is 2.20. The van der Waals surface area contributed by atoms with Crippen LogP contribution >= 0.6 is 0 Å². The molecule has 122 heavy (non-hydrogen) atoms. The summed E-state index contributed by atoms with van der Waals surface area (Å²) in [6.07, 6.45) is -0.839. The highest BCUT2D eigenvalue weighted by atomic mass is 16.4. The fourth-order valence-corrected chi connectivity index (χ4v) is 12.5. The number of guanidine groups is 4. The molecule has 4 aromatic rings. The second kappa shape index (κ2) is 52.6. The Morgan fingerprint density at radius 3 is 0.672 bits per heavy atom. The first-order chi connectivity index (χ1) is 57.7. The Morgan fingerprint density at radius 2 is 0.459 bits per heavy atom. The Balaban J connectivity index is 1.55. The molecule has 0 saturated heterocycles. The second-order valence-corrected chi connectivity index (χ2v) is 30.3. The summed E-state index contributed by atoms with van der Waals surface area (Å²) in [4.78, 5) is 185. The number of rotatable bonds is 55. The number of benzene rings is 4. The van der Waals surface area contributed by atoms with Gasteiger partial charge in [0.2, 0.25) is 59.1 Å². The maximum atomic E-state index is 14.7. The second-order valence-electron chi connectivity index (χ2n) is 30.3. The van der Waals surface area contributed by atoms with Crippen molar-refractivity contribution in [2.75, 3.05) is 26.2 Å². The highest BCUT2D eigenvalue weighted by Gasteiger charge is 2.37. The van der Waals surface area contributed by atoms with Crippen LogP contribution < -0.4 is 111 Å². The molecule has 36 N–H and O–H groups in total. The van der Waals surface area contributed by atoms with E-state index in [2.05, 4.69) is 73.1 Å². The Hall–Kier alpha value is -13.3. The molecule has 0 fully saturated rings. The molecule has 2 unspecified atom stereocenters. The largest absolute Gasteiger partial charge is 0.508 e. The average Bonchev–Trinajstić information content (AvgIpc) is 0.814. The van der Waals surface area contributed by atoms with E-state index in [1.807, 2.05) is 0 Å². The number of aromatic hydroxyl groups is 4. The molecule has 670 valence electrons. The van der Waals surface area contributed by atoms with Crippen molar-refractivity contribution in [2.45, 2.75) is 216 Å². The summed E-state index contributed by atoms with van der Waals surface area (Å²) in [6.45, 7) is 6.99. The number of carbonyl (C=O) groups excluding carboxylic acids is 10. The van der Waals surface area contributed by atoms with E-state index in [9.17, 15) is 88.2 Å². The number of carboxylic acids is 2.